The number of hydrogen-bond acceptors (Lipinski definition) is 4. The molecule has 6 nitrogen and oxygen atoms in total. The molecule has 0 unspecified atom stereocenters. The number of nitrogens with one attached hydrogen (secondary N) is 1. The molecule has 0 spiro atoms. The fourth-order valence-corrected chi connectivity index (χ4v) is 3.77. The average Bonchev–Trinajstić information content (AvgIpc) is 2.71. The van der Waals surface area contributed by atoms with Gasteiger partial charge in [0.05, 0.1) is 13.2 Å². The van der Waals surface area contributed by atoms with E-state index in [1.165, 1.54) is 0 Å². The molecule has 1 aromatic rings. The summed E-state index contributed by atoms with van der Waals surface area (Å²) in [5.41, 5.74) is 1.14. The average molecular weight is 376 g/mol. The second-order valence-electron chi connectivity index (χ2n) is 7.04. The lowest BCUT2D eigenvalue weighted by atomic mass is 9.95. The summed E-state index contributed by atoms with van der Waals surface area (Å²) in [5.74, 6) is 1.00. The molecule has 0 bridgehead atoms. The van der Waals surface area contributed by atoms with Crippen LogP contribution in [0.5, 0.6) is 5.75 Å². The topological polar surface area (TPSA) is 61.9 Å². The van der Waals surface area contributed by atoms with Gasteiger partial charge in [-0.15, -0.1) is 0 Å². The molecule has 1 heterocycles. The molecule has 1 aliphatic heterocycles. The van der Waals surface area contributed by atoms with Crippen molar-refractivity contribution < 1.29 is 14.3 Å². The van der Waals surface area contributed by atoms with Crippen LogP contribution in [-0.4, -0.2) is 61.4 Å². The van der Waals surface area contributed by atoms with E-state index < -0.39 is 0 Å². The quantitative estimate of drug-likeness (QED) is 0.758. The minimum atomic E-state index is -0.0109. The molecule has 1 atom stereocenters. The molecule has 1 aromatic carbocycles. The Bertz CT molecular complexity index is 623. The number of piperidine rings is 1. The van der Waals surface area contributed by atoms with Gasteiger partial charge in [0.15, 0.2) is 0 Å². The zero-order chi connectivity index (χ0) is 19.8. The minimum absolute atomic E-state index is 0.0109. The minimum Gasteiger partial charge on any atom is -0.497 e. The summed E-state index contributed by atoms with van der Waals surface area (Å²) >= 11 is 0. The molecule has 0 radical (unpaired) electrons. The van der Waals surface area contributed by atoms with Gasteiger partial charge in [-0.25, -0.2) is 0 Å². The van der Waals surface area contributed by atoms with Crippen LogP contribution in [0.1, 0.15) is 45.2 Å². The summed E-state index contributed by atoms with van der Waals surface area (Å²) in [5, 5.41) is 3.16. The molecular weight excluding hydrogens is 342 g/mol. The van der Waals surface area contributed by atoms with Crippen LogP contribution in [0, 0.1) is 5.92 Å². The van der Waals surface area contributed by atoms with Gasteiger partial charge < -0.3 is 15.0 Å². The predicted molar refractivity (Wildman–Crippen MR) is 107 cm³/mol. The van der Waals surface area contributed by atoms with Crippen molar-refractivity contribution in [3.05, 3.63) is 29.8 Å². The fourth-order valence-electron chi connectivity index (χ4n) is 3.77. The molecule has 1 N–H and O–H groups in total. The Hall–Kier alpha value is -2.08. The van der Waals surface area contributed by atoms with Crippen LogP contribution < -0.4 is 10.1 Å². The number of carbonyl (C=O) groups is 2. The number of rotatable bonds is 8. The van der Waals surface area contributed by atoms with Crippen molar-refractivity contribution in [1.82, 2.24) is 15.1 Å². The molecule has 0 saturated carbocycles. The molecule has 0 aliphatic carbocycles. The van der Waals surface area contributed by atoms with Crippen LogP contribution in [0.3, 0.4) is 0 Å². The van der Waals surface area contributed by atoms with E-state index in [-0.39, 0.29) is 23.8 Å². The highest BCUT2D eigenvalue weighted by atomic mass is 16.5. The summed E-state index contributed by atoms with van der Waals surface area (Å²) in [6.45, 7) is 9.58. The maximum absolute atomic E-state index is 12.7. The Balaban J connectivity index is 2.01. The first-order valence-corrected chi connectivity index (χ1v) is 9.91. The number of amides is 2. The number of ether oxygens (including phenoxy) is 1. The van der Waals surface area contributed by atoms with Gasteiger partial charge in [-0.2, -0.15) is 0 Å². The zero-order valence-electron chi connectivity index (χ0n) is 17.0. The van der Waals surface area contributed by atoms with Crippen molar-refractivity contribution in [3.8, 4) is 5.75 Å². The molecule has 6 heteroatoms. The molecule has 150 valence electrons. The number of likely N-dealkylation sites (N-methyl/N-ethyl adjacent to an activating group) is 1. The van der Waals surface area contributed by atoms with E-state index in [0.29, 0.717) is 19.6 Å². The predicted octanol–water partition coefficient (Wildman–Crippen LogP) is 2.45. The second-order valence-corrected chi connectivity index (χ2v) is 7.04. The number of likely N-dealkylation sites (tertiary alicyclic amines) is 1. The Morgan fingerprint density at radius 3 is 2.48 bits per heavy atom. The normalized spacial score (nSPS) is 16.3. The van der Waals surface area contributed by atoms with E-state index in [1.807, 2.05) is 23.1 Å². The Labute approximate surface area is 162 Å². The van der Waals surface area contributed by atoms with Gasteiger partial charge in [-0.3, -0.25) is 14.5 Å². The first kappa shape index (κ1) is 21.2. The summed E-state index contributed by atoms with van der Waals surface area (Å²) in [6, 6.07) is 8.16. The highest BCUT2D eigenvalue weighted by molar-refractivity contribution is 5.79. The summed E-state index contributed by atoms with van der Waals surface area (Å²) in [7, 11) is 1.67. The van der Waals surface area contributed by atoms with E-state index in [0.717, 1.165) is 37.2 Å². The standard InChI is InChI=1S/C21H33N3O3/c1-5-23(6-2)20(18-8-7-9-19(14-18)27-4)15-22-21(26)17-10-12-24(13-11-17)16(3)25/h7-9,14,17,20H,5-6,10-13,15H2,1-4H3,(H,22,26)/t20-/m1/s1. The molecule has 2 rings (SSSR count). The third kappa shape index (κ3) is 5.70. The van der Waals surface area contributed by atoms with E-state index >= 15 is 0 Å². The molecule has 0 aromatic heterocycles. The molecular formula is C21H33N3O3. The highest BCUT2D eigenvalue weighted by Crippen LogP contribution is 2.24. The van der Waals surface area contributed by atoms with Gasteiger partial charge in [0, 0.05) is 32.5 Å². The van der Waals surface area contributed by atoms with Crippen LogP contribution in [0.4, 0.5) is 0 Å². The monoisotopic (exact) mass is 375 g/mol. The number of methoxy groups -OCH3 is 1. The number of nitrogens with zero attached hydrogens (tertiary/aromatic N) is 2. The first-order chi connectivity index (χ1) is 13.0. The summed E-state index contributed by atoms with van der Waals surface area (Å²) in [6.07, 6.45) is 1.47. The SMILES string of the molecule is CCN(CC)[C@H](CNC(=O)C1CCN(C(C)=O)CC1)c1cccc(OC)c1. The third-order valence-electron chi connectivity index (χ3n) is 5.51. The van der Waals surface area contributed by atoms with Gasteiger partial charge >= 0.3 is 0 Å². The van der Waals surface area contributed by atoms with Gasteiger partial charge in [0.25, 0.3) is 0 Å². The summed E-state index contributed by atoms with van der Waals surface area (Å²) in [4.78, 5) is 28.3. The van der Waals surface area contributed by atoms with E-state index in [4.69, 9.17) is 4.74 Å². The Morgan fingerprint density at radius 2 is 1.93 bits per heavy atom. The number of hydrogen-bond donors (Lipinski definition) is 1. The van der Waals surface area contributed by atoms with Gasteiger partial charge in [-0.1, -0.05) is 26.0 Å². The van der Waals surface area contributed by atoms with Gasteiger partial charge in [-0.05, 0) is 43.6 Å². The molecule has 1 fully saturated rings. The smallest absolute Gasteiger partial charge is 0.223 e. The Morgan fingerprint density at radius 1 is 1.26 bits per heavy atom. The van der Waals surface area contributed by atoms with Crippen molar-refractivity contribution >= 4 is 11.8 Å². The molecule has 1 aliphatic rings. The first-order valence-electron chi connectivity index (χ1n) is 9.91. The van der Waals surface area contributed by atoms with E-state index in [1.54, 1.807) is 14.0 Å². The lowest BCUT2D eigenvalue weighted by Crippen LogP contribution is -2.44. The van der Waals surface area contributed by atoms with Crippen LogP contribution in [0.25, 0.3) is 0 Å². The van der Waals surface area contributed by atoms with Gasteiger partial charge in [0.1, 0.15) is 5.75 Å². The zero-order valence-corrected chi connectivity index (χ0v) is 17.0. The number of benzene rings is 1. The molecule has 27 heavy (non-hydrogen) atoms. The second kappa shape index (κ2) is 10.3. The van der Waals surface area contributed by atoms with E-state index in [9.17, 15) is 9.59 Å². The maximum atomic E-state index is 12.7. The fraction of sp³-hybridized carbons (Fsp3) is 0.619. The van der Waals surface area contributed by atoms with Crippen molar-refractivity contribution in [2.24, 2.45) is 5.92 Å². The summed E-state index contributed by atoms with van der Waals surface area (Å²) < 4.78 is 5.36. The van der Waals surface area contributed by atoms with Gasteiger partial charge in [0.2, 0.25) is 11.8 Å². The number of carbonyl (C=O) groups excluding carboxylic acids is 2. The lowest BCUT2D eigenvalue weighted by molar-refractivity contribution is -0.134. The molecule has 1 saturated heterocycles. The Kier molecular flexibility index (Phi) is 8.10. The van der Waals surface area contributed by atoms with Crippen molar-refractivity contribution in [1.29, 1.82) is 0 Å². The van der Waals surface area contributed by atoms with Crippen LogP contribution in [-0.2, 0) is 9.59 Å². The lowest BCUT2D eigenvalue weighted by Gasteiger charge is -2.33. The van der Waals surface area contributed by atoms with Crippen LogP contribution in [0.2, 0.25) is 0 Å². The van der Waals surface area contributed by atoms with Crippen LogP contribution >= 0.6 is 0 Å². The molecule has 2 amide bonds. The van der Waals surface area contributed by atoms with Crippen molar-refractivity contribution in [2.75, 3.05) is 39.8 Å². The van der Waals surface area contributed by atoms with Crippen LogP contribution in [0.15, 0.2) is 24.3 Å². The maximum Gasteiger partial charge on any atom is 0.223 e. The van der Waals surface area contributed by atoms with E-state index in [2.05, 4.69) is 30.1 Å². The third-order valence-corrected chi connectivity index (χ3v) is 5.51. The van der Waals surface area contributed by atoms with Crippen molar-refractivity contribution in [3.63, 3.8) is 0 Å². The largest absolute Gasteiger partial charge is 0.497 e. The highest BCUT2D eigenvalue weighted by Gasteiger charge is 2.27. The van der Waals surface area contributed by atoms with Crippen molar-refractivity contribution in [2.45, 2.75) is 39.7 Å².